The zero-order chi connectivity index (χ0) is 25.5. The van der Waals surface area contributed by atoms with Crippen LogP contribution in [0.4, 0.5) is 18.9 Å². The first-order chi connectivity index (χ1) is 16.4. The van der Waals surface area contributed by atoms with Gasteiger partial charge in [0.05, 0.1) is 27.6 Å². The summed E-state index contributed by atoms with van der Waals surface area (Å²) >= 11 is 12.4. The molecule has 0 spiro atoms. The van der Waals surface area contributed by atoms with Crippen LogP contribution in [0.1, 0.15) is 35.7 Å². The molecule has 4 rings (SSSR count). The number of carbonyl (C=O) groups is 1. The van der Waals surface area contributed by atoms with E-state index < -0.39 is 33.8 Å². The fourth-order valence-electron chi connectivity index (χ4n) is 4.78. The number of fused-ring (bicyclic) bond motifs is 1. The highest BCUT2D eigenvalue weighted by atomic mass is 35.5. The lowest BCUT2D eigenvalue weighted by molar-refractivity contribution is -0.191. The Morgan fingerprint density at radius 2 is 1.89 bits per heavy atom. The molecular formula is C23H25Cl2F3N4O2S. The topological polar surface area (TPSA) is 86.2 Å². The third kappa shape index (κ3) is 5.70. The molecule has 0 saturated carbocycles. The van der Waals surface area contributed by atoms with Gasteiger partial charge in [-0.1, -0.05) is 29.3 Å². The fraction of sp³-hybridized carbons (Fsp3) is 0.478. The Morgan fingerprint density at radius 3 is 2.49 bits per heavy atom. The Hall–Kier alpha value is -2.04. The van der Waals surface area contributed by atoms with E-state index in [1.807, 2.05) is 6.07 Å². The van der Waals surface area contributed by atoms with Crippen LogP contribution in [0.2, 0.25) is 10.0 Å². The zero-order valence-corrected chi connectivity index (χ0v) is 21.2. The van der Waals surface area contributed by atoms with Crippen molar-refractivity contribution in [3.63, 3.8) is 0 Å². The zero-order valence-electron chi connectivity index (χ0n) is 18.9. The van der Waals surface area contributed by atoms with Gasteiger partial charge in [-0.3, -0.25) is 14.6 Å². The van der Waals surface area contributed by atoms with Gasteiger partial charge in [-0.05, 0) is 55.0 Å². The van der Waals surface area contributed by atoms with Crippen molar-refractivity contribution < 1.29 is 22.2 Å². The lowest BCUT2D eigenvalue weighted by Gasteiger charge is -2.33. The number of hydrogen-bond acceptors (Lipinski definition) is 5. The van der Waals surface area contributed by atoms with E-state index in [2.05, 4.69) is 10.3 Å². The Kier molecular flexibility index (Phi) is 7.28. The summed E-state index contributed by atoms with van der Waals surface area (Å²) in [5, 5.41) is 4.28. The van der Waals surface area contributed by atoms with Crippen LogP contribution in [0.3, 0.4) is 0 Å². The van der Waals surface area contributed by atoms with E-state index >= 15 is 0 Å². The van der Waals surface area contributed by atoms with Gasteiger partial charge in [-0.2, -0.15) is 13.2 Å². The van der Waals surface area contributed by atoms with Gasteiger partial charge in [0, 0.05) is 40.2 Å². The summed E-state index contributed by atoms with van der Waals surface area (Å²) in [5.41, 5.74) is 2.30. The normalized spacial score (nSPS) is 25.1. The number of halogens is 5. The van der Waals surface area contributed by atoms with Crippen molar-refractivity contribution in [2.24, 2.45) is 5.92 Å². The van der Waals surface area contributed by atoms with Crippen molar-refractivity contribution in [3.8, 4) is 0 Å². The minimum atomic E-state index is -4.73. The third-order valence-corrected chi connectivity index (χ3v) is 9.27. The second kappa shape index (κ2) is 9.78. The van der Waals surface area contributed by atoms with Gasteiger partial charge in [-0.15, -0.1) is 0 Å². The number of anilines is 1. The molecular weight excluding hydrogens is 524 g/mol. The van der Waals surface area contributed by atoms with E-state index in [9.17, 15) is 22.2 Å². The molecule has 1 amide bonds. The van der Waals surface area contributed by atoms with Gasteiger partial charge >= 0.3 is 6.18 Å². The fourth-order valence-corrected chi connectivity index (χ4v) is 6.75. The van der Waals surface area contributed by atoms with Crippen molar-refractivity contribution in [3.05, 3.63) is 57.3 Å². The van der Waals surface area contributed by atoms with Gasteiger partial charge in [0.15, 0.2) is 6.04 Å². The first-order valence-corrected chi connectivity index (χ1v) is 13.8. The van der Waals surface area contributed by atoms with Crippen LogP contribution in [-0.4, -0.2) is 50.8 Å². The number of nitrogens with zero attached hydrogens (tertiary/aromatic N) is 2. The molecule has 2 atom stereocenters. The molecule has 1 saturated heterocycles. The Bertz CT molecular complexity index is 1210. The summed E-state index contributed by atoms with van der Waals surface area (Å²) in [6.07, 6.45) is -1.78. The van der Waals surface area contributed by atoms with Crippen LogP contribution >= 0.6 is 23.2 Å². The van der Waals surface area contributed by atoms with E-state index in [4.69, 9.17) is 28.0 Å². The molecule has 1 aliphatic carbocycles. The lowest BCUT2D eigenvalue weighted by Crippen LogP contribution is -2.44. The van der Waals surface area contributed by atoms with E-state index in [-0.39, 0.29) is 36.1 Å². The van der Waals surface area contributed by atoms with Crippen molar-refractivity contribution in [2.75, 3.05) is 23.9 Å². The number of hydrogen-bond donors (Lipinski definition) is 2. The molecule has 1 unspecified atom stereocenters. The molecule has 2 heterocycles. The smallest absolute Gasteiger partial charge is 0.380 e. The largest absolute Gasteiger partial charge is 0.414 e. The summed E-state index contributed by atoms with van der Waals surface area (Å²) in [5.74, 6) is -1.31. The molecule has 0 radical (unpaired) electrons. The summed E-state index contributed by atoms with van der Waals surface area (Å²) < 4.78 is 61.5. The average molecular weight is 549 g/mol. The maximum atomic E-state index is 14.0. The molecule has 12 heteroatoms. The molecule has 2 N–H and O–H groups in total. The van der Waals surface area contributed by atoms with Gasteiger partial charge in [0.1, 0.15) is 0 Å². The lowest BCUT2D eigenvalue weighted by atomic mass is 9.99. The van der Waals surface area contributed by atoms with Gasteiger partial charge in [0.25, 0.3) is 0 Å². The number of rotatable bonds is 5. The maximum absolute atomic E-state index is 14.0. The molecule has 1 fully saturated rings. The van der Waals surface area contributed by atoms with Crippen LogP contribution < -0.4 is 5.32 Å². The number of aromatic nitrogens is 1. The number of carbonyl (C=O) groups excluding carboxylic acids is 1. The van der Waals surface area contributed by atoms with Gasteiger partial charge in [-0.25, -0.2) is 4.21 Å². The van der Waals surface area contributed by atoms with E-state index in [1.54, 1.807) is 6.07 Å². The predicted octanol–water partition coefficient (Wildman–Crippen LogP) is 5.49. The second-order valence-corrected chi connectivity index (χ2v) is 12.3. The molecule has 1 aromatic heterocycles. The molecule has 2 aromatic rings. The highest BCUT2D eigenvalue weighted by Gasteiger charge is 2.47. The molecule has 35 heavy (non-hydrogen) atoms. The van der Waals surface area contributed by atoms with Crippen molar-refractivity contribution >= 4 is 44.5 Å². The Balaban J connectivity index is 1.46. The standard InChI is InChI=1S/C23H25Cl2F3N4O2S/c1-32(22(33)13-6-8-35(29,34)9-7-13)21(23(26,27)28)19-5-3-15(12-30-19)31-16-10-14-2-4-18(24)20(25)17(14)11-16/h2-5,12-13,16,21,29,31H,6-11H2,1H3/t13?,16?,21-,35?/m0/s1. The van der Waals surface area contributed by atoms with E-state index in [0.717, 1.165) is 18.2 Å². The first-order valence-electron chi connectivity index (χ1n) is 11.1. The van der Waals surface area contributed by atoms with Crippen LogP contribution in [0, 0.1) is 10.7 Å². The van der Waals surface area contributed by atoms with Crippen molar-refractivity contribution in [1.29, 1.82) is 4.78 Å². The number of pyridine rings is 1. The Labute approximate surface area is 212 Å². The molecule has 1 aromatic carbocycles. The number of nitrogens with one attached hydrogen (secondary N) is 2. The van der Waals surface area contributed by atoms with Crippen molar-refractivity contribution in [1.82, 2.24) is 9.88 Å². The summed E-state index contributed by atoms with van der Waals surface area (Å²) in [6, 6.07) is 4.25. The monoisotopic (exact) mass is 548 g/mol. The van der Waals surface area contributed by atoms with E-state index in [1.165, 1.54) is 18.3 Å². The molecule has 190 valence electrons. The first kappa shape index (κ1) is 26.0. The highest BCUT2D eigenvalue weighted by molar-refractivity contribution is 7.92. The summed E-state index contributed by atoms with van der Waals surface area (Å²) in [7, 11) is -1.62. The maximum Gasteiger partial charge on any atom is 0.414 e. The van der Waals surface area contributed by atoms with Crippen molar-refractivity contribution in [2.45, 2.75) is 43.9 Å². The Morgan fingerprint density at radius 1 is 1.20 bits per heavy atom. The van der Waals surface area contributed by atoms with Crippen LogP contribution in [0.25, 0.3) is 0 Å². The minimum Gasteiger partial charge on any atom is -0.380 e. The van der Waals surface area contributed by atoms with E-state index in [0.29, 0.717) is 33.5 Å². The number of alkyl halides is 3. The predicted molar refractivity (Wildman–Crippen MR) is 130 cm³/mol. The molecule has 1 aliphatic heterocycles. The van der Waals surface area contributed by atoms with Crippen LogP contribution in [0.15, 0.2) is 30.5 Å². The van der Waals surface area contributed by atoms with Crippen LogP contribution in [0.5, 0.6) is 0 Å². The molecule has 0 bridgehead atoms. The quantitative estimate of drug-likeness (QED) is 0.517. The summed E-state index contributed by atoms with van der Waals surface area (Å²) in [4.78, 5) is 17.6. The summed E-state index contributed by atoms with van der Waals surface area (Å²) in [6.45, 7) is 0. The third-order valence-electron chi connectivity index (χ3n) is 6.63. The average Bonchev–Trinajstić information content (AvgIpc) is 3.19. The minimum absolute atomic E-state index is 0.00474. The highest BCUT2D eigenvalue weighted by Crippen LogP contribution is 2.39. The van der Waals surface area contributed by atoms with Gasteiger partial charge < -0.3 is 10.2 Å². The number of benzene rings is 1. The molecule has 6 nitrogen and oxygen atoms in total. The number of amides is 1. The van der Waals surface area contributed by atoms with Gasteiger partial charge in [0.2, 0.25) is 5.91 Å². The molecule has 2 aliphatic rings. The van der Waals surface area contributed by atoms with Crippen LogP contribution in [-0.2, 0) is 27.4 Å². The second-order valence-electron chi connectivity index (χ2n) is 9.11. The SMILES string of the molecule is CN(C(=O)C1CCS(=N)(=O)CC1)[C@@H](c1ccc(NC2Cc3ccc(Cl)c(Cl)c3C2)cn1)C(F)(F)F.